The quantitative estimate of drug-likeness (QED) is 0.561. The molecule has 0 saturated heterocycles. The van der Waals surface area contributed by atoms with E-state index in [1.807, 2.05) is 24.3 Å². The van der Waals surface area contributed by atoms with E-state index in [0.717, 1.165) is 10.0 Å². The summed E-state index contributed by atoms with van der Waals surface area (Å²) in [6, 6.07) is 15.3. The molecule has 2 aromatic rings. The molecule has 5 heteroatoms. The highest BCUT2D eigenvalue weighted by Crippen LogP contribution is 2.24. The highest BCUT2D eigenvalue weighted by atomic mass is 79.9. The van der Waals surface area contributed by atoms with Gasteiger partial charge in [-0.05, 0) is 40.8 Å². The monoisotopic (exact) mass is 403 g/mol. The summed E-state index contributed by atoms with van der Waals surface area (Å²) in [5.41, 5.74) is 2.85. The molecule has 0 atom stereocenters. The normalized spacial score (nSPS) is 11.1. The Labute approximate surface area is 156 Å². The third-order valence-electron chi connectivity index (χ3n) is 3.90. The van der Waals surface area contributed by atoms with E-state index in [4.69, 9.17) is 0 Å². The number of carbonyl (C=O) groups is 2. The number of rotatable bonds is 3. The van der Waals surface area contributed by atoms with Crippen molar-refractivity contribution in [3.63, 3.8) is 0 Å². The molecule has 0 bridgehead atoms. The summed E-state index contributed by atoms with van der Waals surface area (Å²) >= 11 is 3.37. The first-order valence-corrected chi connectivity index (χ1v) is 8.76. The van der Waals surface area contributed by atoms with E-state index in [1.54, 1.807) is 12.1 Å². The lowest BCUT2D eigenvalue weighted by atomic mass is 9.87. The van der Waals surface area contributed by atoms with E-state index in [9.17, 15) is 9.59 Å². The Morgan fingerprint density at radius 3 is 2.04 bits per heavy atom. The molecular weight excluding hydrogens is 382 g/mol. The molecule has 0 spiro atoms. The smallest absolute Gasteiger partial charge is 0.397 e. The van der Waals surface area contributed by atoms with Crippen LogP contribution in [0.3, 0.4) is 0 Å². The van der Waals surface area contributed by atoms with Crippen LogP contribution in [0, 0.1) is 0 Å². The predicted molar refractivity (Wildman–Crippen MR) is 102 cm³/mol. The fourth-order valence-electron chi connectivity index (χ4n) is 2.39. The molecule has 2 rings (SSSR count). The number of ether oxygens (including phenoxy) is 1. The van der Waals surface area contributed by atoms with Crippen molar-refractivity contribution >= 4 is 33.5 Å². The Kier molecular flexibility index (Phi) is 6.01. The van der Waals surface area contributed by atoms with Crippen LogP contribution in [0.4, 0.5) is 5.69 Å². The highest BCUT2D eigenvalue weighted by molar-refractivity contribution is 9.10. The SMILES string of the molecule is COC(=O)C(=O)N(Cc1ccc(C(C)(C)C)cc1)c1ccc(Br)cc1. The molecular formula is C20H22BrNO3. The molecule has 0 aliphatic heterocycles. The van der Waals surface area contributed by atoms with Gasteiger partial charge in [0.1, 0.15) is 0 Å². The summed E-state index contributed by atoms with van der Waals surface area (Å²) in [6.45, 7) is 6.74. The van der Waals surface area contributed by atoms with Gasteiger partial charge in [-0.1, -0.05) is 61.0 Å². The van der Waals surface area contributed by atoms with Crippen molar-refractivity contribution in [1.82, 2.24) is 0 Å². The molecule has 0 unspecified atom stereocenters. The summed E-state index contributed by atoms with van der Waals surface area (Å²) in [5, 5.41) is 0. The zero-order valence-electron chi connectivity index (χ0n) is 14.9. The van der Waals surface area contributed by atoms with Gasteiger partial charge in [0.2, 0.25) is 0 Å². The summed E-state index contributed by atoms with van der Waals surface area (Å²) in [7, 11) is 1.21. The number of anilines is 1. The maximum absolute atomic E-state index is 12.4. The number of hydrogen-bond donors (Lipinski definition) is 0. The minimum Gasteiger partial charge on any atom is -0.462 e. The molecule has 1 amide bonds. The first-order chi connectivity index (χ1) is 11.7. The Hall–Kier alpha value is -2.14. The summed E-state index contributed by atoms with van der Waals surface area (Å²) in [6.07, 6.45) is 0. The molecule has 25 heavy (non-hydrogen) atoms. The van der Waals surface area contributed by atoms with Crippen LogP contribution < -0.4 is 4.90 Å². The van der Waals surface area contributed by atoms with Crippen LogP contribution in [0.5, 0.6) is 0 Å². The van der Waals surface area contributed by atoms with Crippen LogP contribution in [0.2, 0.25) is 0 Å². The molecule has 0 aromatic heterocycles. The van der Waals surface area contributed by atoms with Crippen LogP contribution >= 0.6 is 15.9 Å². The van der Waals surface area contributed by atoms with E-state index in [0.29, 0.717) is 12.2 Å². The number of hydrogen-bond acceptors (Lipinski definition) is 3. The number of benzene rings is 2. The Balaban J connectivity index is 2.31. The topological polar surface area (TPSA) is 46.6 Å². The summed E-state index contributed by atoms with van der Waals surface area (Å²) in [5.74, 6) is -1.57. The van der Waals surface area contributed by atoms with Crippen molar-refractivity contribution in [2.24, 2.45) is 0 Å². The molecule has 4 nitrogen and oxygen atoms in total. The van der Waals surface area contributed by atoms with Crippen LogP contribution in [0.1, 0.15) is 31.9 Å². The van der Waals surface area contributed by atoms with E-state index in [-0.39, 0.29) is 5.41 Å². The minimum absolute atomic E-state index is 0.0613. The summed E-state index contributed by atoms with van der Waals surface area (Å²) in [4.78, 5) is 25.6. The Morgan fingerprint density at radius 2 is 1.56 bits per heavy atom. The number of esters is 1. The molecule has 0 fully saturated rings. The fraction of sp³-hybridized carbons (Fsp3) is 0.300. The number of carbonyl (C=O) groups excluding carboxylic acids is 2. The Morgan fingerprint density at radius 1 is 1.00 bits per heavy atom. The zero-order chi connectivity index (χ0) is 18.6. The average Bonchev–Trinajstić information content (AvgIpc) is 2.59. The van der Waals surface area contributed by atoms with Crippen molar-refractivity contribution in [1.29, 1.82) is 0 Å². The zero-order valence-corrected chi connectivity index (χ0v) is 16.5. The summed E-state index contributed by atoms with van der Waals surface area (Å²) < 4.78 is 5.50. The molecule has 132 valence electrons. The third-order valence-corrected chi connectivity index (χ3v) is 4.43. The van der Waals surface area contributed by atoms with Gasteiger partial charge in [0.25, 0.3) is 0 Å². The molecule has 2 aromatic carbocycles. The second-order valence-electron chi connectivity index (χ2n) is 6.81. The number of methoxy groups -OCH3 is 1. The first-order valence-electron chi connectivity index (χ1n) is 7.97. The molecule has 0 N–H and O–H groups in total. The van der Waals surface area contributed by atoms with Gasteiger partial charge in [-0.25, -0.2) is 4.79 Å². The van der Waals surface area contributed by atoms with Crippen molar-refractivity contribution in [2.75, 3.05) is 12.0 Å². The predicted octanol–water partition coefficient (Wildman–Crippen LogP) is 4.45. The lowest BCUT2D eigenvalue weighted by Crippen LogP contribution is -2.36. The lowest BCUT2D eigenvalue weighted by molar-refractivity contribution is -0.151. The van der Waals surface area contributed by atoms with Crippen LogP contribution in [-0.2, 0) is 26.3 Å². The number of halogens is 1. The Bertz CT molecular complexity index is 746. The van der Waals surface area contributed by atoms with Crippen molar-refractivity contribution < 1.29 is 14.3 Å². The van der Waals surface area contributed by atoms with Crippen molar-refractivity contribution in [3.8, 4) is 0 Å². The van der Waals surface area contributed by atoms with Gasteiger partial charge in [0.15, 0.2) is 0 Å². The highest BCUT2D eigenvalue weighted by Gasteiger charge is 2.24. The van der Waals surface area contributed by atoms with Gasteiger partial charge in [0.05, 0.1) is 13.7 Å². The maximum atomic E-state index is 12.4. The third kappa shape index (κ3) is 4.92. The molecule has 0 aliphatic carbocycles. The average molecular weight is 404 g/mol. The second-order valence-corrected chi connectivity index (χ2v) is 7.72. The molecule has 0 radical (unpaired) electrons. The van der Waals surface area contributed by atoms with Gasteiger partial charge >= 0.3 is 11.9 Å². The van der Waals surface area contributed by atoms with Crippen LogP contribution in [0.25, 0.3) is 0 Å². The maximum Gasteiger partial charge on any atom is 0.397 e. The van der Waals surface area contributed by atoms with Crippen molar-refractivity contribution in [3.05, 3.63) is 64.1 Å². The van der Waals surface area contributed by atoms with E-state index in [1.165, 1.54) is 17.6 Å². The van der Waals surface area contributed by atoms with Crippen molar-refractivity contribution in [2.45, 2.75) is 32.7 Å². The lowest BCUT2D eigenvalue weighted by Gasteiger charge is -2.23. The van der Waals surface area contributed by atoms with Gasteiger partial charge in [0, 0.05) is 10.2 Å². The van der Waals surface area contributed by atoms with Gasteiger partial charge in [-0.15, -0.1) is 0 Å². The number of amides is 1. The van der Waals surface area contributed by atoms with E-state index >= 15 is 0 Å². The molecule has 0 saturated carbocycles. The number of nitrogens with zero attached hydrogens (tertiary/aromatic N) is 1. The first kappa shape index (κ1) is 19.2. The second kappa shape index (κ2) is 7.83. The minimum atomic E-state index is -0.880. The van der Waals surface area contributed by atoms with Crippen LogP contribution in [0.15, 0.2) is 53.0 Å². The van der Waals surface area contributed by atoms with E-state index < -0.39 is 11.9 Å². The van der Waals surface area contributed by atoms with Gasteiger partial charge < -0.3 is 4.74 Å². The fourth-order valence-corrected chi connectivity index (χ4v) is 2.66. The largest absolute Gasteiger partial charge is 0.462 e. The molecule has 0 aliphatic rings. The van der Waals surface area contributed by atoms with E-state index in [2.05, 4.69) is 53.6 Å². The standard InChI is InChI=1S/C20H22BrNO3/c1-20(2,3)15-7-5-14(6-8-15)13-22(18(23)19(24)25-4)17-11-9-16(21)10-12-17/h5-12H,13H2,1-4H3. The van der Waals surface area contributed by atoms with Gasteiger partial charge in [-0.2, -0.15) is 0 Å². The van der Waals surface area contributed by atoms with Gasteiger partial charge in [-0.3, -0.25) is 9.69 Å². The van der Waals surface area contributed by atoms with Crippen LogP contribution in [-0.4, -0.2) is 19.0 Å². The molecule has 0 heterocycles.